The van der Waals surface area contributed by atoms with Gasteiger partial charge in [-0.15, -0.1) is 0 Å². The number of ketones is 2. The van der Waals surface area contributed by atoms with Crippen molar-refractivity contribution < 1.29 is 79.2 Å². The van der Waals surface area contributed by atoms with Crippen molar-refractivity contribution in [2.45, 2.75) is 139 Å². The number of benzene rings is 10. The van der Waals surface area contributed by atoms with Crippen LogP contribution in [0.4, 0.5) is 35.1 Å². The fraction of sp³-hybridized carbons (Fsp3) is 0.253. The van der Waals surface area contributed by atoms with Crippen molar-refractivity contribution in [1.82, 2.24) is 0 Å². The highest BCUT2D eigenvalue weighted by Crippen LogP contribution is 2.59. The SMILES string of the molecule is CC(F)(F)C(=O)OC12CC3CC(C1)C(=O)C(C3)C2.FC(F)(F)c1ccc([S+](c2ccccc2)c2ccc(C(F)(F)F)cc2)cc1.Ic1ccc([S+](c2ccccc2)c2ccccc2)cc1.O=C(O)c1ccccc1O.O=C1C2CC3CC1CC(C(=O)[O-])(C3)C2.c1ccc([S+](c2ccccc2)c2ccccc2)cc1. The largest absolute Gasteiger partial charge is 0.550 e. The third-order valence-corrected chi connectivity index (χ3v) is 27.3. The fourth-order valence-corrected chi connectivity index (χ4v) is 22.0. The summed E-state index contributed by atoms with van der Waals surface area (Å²) in [6.07, 6.45) is -1.92. The normalized spacial score (nSPS) is 21.3. The van der Waals surface area contributed by atoms with E-state index in [4.69, 9.17) is 14.9 Å². The number of Topliss-reactive ketones (excluding diaryl/α,β-unsaturated/α-hetero) is 2. The lowest BCUT2D eigenvalue weighted by molar-refractivity contribution is -0.325. The van der Waals surface area contributed by atoms with Gasteiger partial charge in [0, 0.05) is 45.5 Å². The molecule has 8 bridgehead atoms. The number of carbonyl (C=O) groups is 5. The highest BCUT2D eigenvalue weighted by atomic mass is 127. The van der Waals surface area contributed by atoms with Crippen LogP contribution in [0.3, 0.4) is 0 Å². The number of rotatable bonds is 13. The Labute approximate surface area is 644 Å². The topological polar surface area (TPSA) is 158 Å². The smallest absolute Gasteiger partial charge is 0.416 e. The zero-order valence-electron chi connectivity index (χ0n) is 58.5. The third-order valence-electron chi connectivity index (χ3n) is 19.9. The minimum absolute atomic E-state index is 0.0146. The highest BCUT2D eigenvalue weighted by Gasteiger charge is 2.59. The van der Waals surface area contributed by atoms with E-state index in [2.05, 4.69) is 199 Å². The first kappa shape index (κ1) is 80.0. The number of esters is 1. The van der Waals surface area contributed by atoms with Crippen molar-refractivity contribution in [2.24, 2.45) is 40.9 Å². The summed E-state index contributed by atoms with van der Waals surface area (Å²) < 4.78 is 109. The zero-order chi connectivity index (χ0) is 77.0. The predicted octanol–water partition coefficient (Wildman–Crippen LogP) is 20.5. The number of aromatic hydroxyl groups is 1. The molecule has 0 amide bonds. The summed E-state index contributed by atoms with van der Waals surface area (Å²) in [5.74, 6) is -5.77. The molecule has 21 heteroatoms. The first-order valence-corrected chi connectivity index (χ1v) is 39.9. The minimum atomic E-state index is -4.45. The van der Waals surface area contributed by atoms with Crippen LogP contribution in [0.5, 0.6) is 5.75 Å². The number of carboxylic acid groups (broad SMARTS) is 2. The molecule has 0 spiro atoms. The van der Waals surface area contributed by atoms with Crippen LogP contribution in [0, 0.1) is 44.5 Å². The third kappa shape index (κ3) is 20.1. The van der Waals surface area contributed by atoms with Gasteiger partial charge in [-0.1, -0.05) is 121 Å². The number of carboxylic acids is 2. The van der Waals surface area contributed by atoms with Crippen molar-refractivity contribution in [1.29, 1.82) is 0 Å². The number of para-hydroxylation sites is 1. The average Bonchev–Trinajstić information content (AvgIpc) is 0.738. The van der Waals surface area contributed by atoms with Gasteiger partial charge in [0.1, 0.15) is 28.5 Å². The molecule has 0 saturated heterocycles. The molecule has 9 nitrogen and oxygen atoms in total. The summed E-state index contributed by atoms with van der Waals surface area (Å²) in [5.41, 5.74) is -3.03. The summed E-state index contributed by atoms with van der Waals surface area (Å²) in [4.78, 5) is 66.6. The number of aromatic carboxylic acids is 1. The number of carbonyl (C=O) groups excluding carboxylic acids is 4. The molecule has 108 heavy (non-hydrogen) atoms. The van der Waals surface area contributed by atoms with Crippen LogP contribution in [-0.4, -0.2) is 51.2 Å². The Bertz CT molecular complexity index is 4430. The van der Waals surface area contributed by atoms with Gasteiger partial charge < -0.3 is 24.9 Å². The molecule has 0 radical (unpaired) electrons. The van der Waals surface area contributed by atoms with E-state index in [0.717, 1.165) is 61.3 Å². The van der Waals surface area contributed by atoms with Gasteiger partial charge in [0.25, 0.3) is 0 Å². The van der Waals surface area contributed by atoms with Crippen LogP contribution in [0.25, 0.3) is 0 Å². The lowest BCUT2D eigenvalue weighted by atomic mass is 9.49. The van der Waals surface area contributed by atoms with E-state index in [-0.39, 0.29) is 62.6 Å². The molecular formula is C87H77F8IO9S3+2. The average molecular weight is 1640 g/mol. The quantitative estimate of drug-likeness (QED) is 0.0496. The van der Waals surface area contributed by atoms with E-state index >= 15 is 0 Å². The molecule has 558 valence electrons. The first-order chi connectivity index (χ1) is 51.6. The van der Waals surface area contributed by atoms with Crippen LogP contribution in [0.2, 0.25) is 0 Å². The van der Waals surface area contributed by atoms with Gasteiger partial charge in [-0.05, 0) is 256 Å². The summed E-state index contributed by atoms with van der Waals surface area (Å²) in [6, 6.07) is 86.7. The molecule has 8 aliphatic rings. The summed E-state index contributed by atoms with van der Waals surface area (Å²) in [7, 11) is -0.860. The Morgan fingerprint density at radius 1 is 0.407 bits per heavy atom. The number of alkyl halides is 8. The molecule has 0 aliphatic heterocycles. The Morgan fingerprint density at radius 2 is 0.685 bits per heavy atom. The van der Waals surface area contributed by atoms with Crippen molar-refractivity contribution in [2.75, 3.05) is 0 Å². The maximum absolute atomic E-state index is 12.9. The first-order valence-electron chi connectivity index (χ1n) is 35.1. The lowest BCUT2D eigenvalue weighted by Gasteiger charge is -2.56. The standard InChI is InChI=1S/C20H13F6S.C18H14IS.C18H15S.C13H16F2O3.C11H14O3.C7H6O3/c21-19(22,23)14-6-10-17(11-7-14)27(16-4-2-1-3-5-16)18-12-8-15(9-13-18)20(24,25)26;19-15-11-13-18(14-12-15)20(16-7-3-1-4-8-16)17-9-5-2-6-10-17;1-4-10-16(11-5-1)19(17-12-6-2-7-13-17)18-14-8-3-9-15-18;1-12(14,15)11(17)18-13-4-7-2-8(5-13)10(16)9(3-7)6-13;12-9-7-1-6-2-8(9)5-11(3-6,4-7)10(13)14;8-6-4-2-1-3-5(6)7(9)10/h1-13H;1-14H;1-15H;7-9H,2-6H2,1H3;6-8H,1-5H2,(H,13,14);1-4,8H,(H,9,10)/q3*+1;;;/p-1. The molecule has 8 fully saturated rings. The lowest BCUT2D eigenvalue weighted by Crippen LogP contribution is -2.57. The zero-order valence-corrected chi connectivity index (χ0v) is 63.1. The van der Waals surface area contributed by atoms with E-state index in [9.17, 15) is 64.2 Å². The molecule has 4 atom stereocenters. The van der Waals surface area contributed by atoms with Crippen LogP contribution in [0.1, 0.15) is 92.6 Å². The summed E-state index contributed by atoms with van der Waals surface area (Å²) in [5, 5.41) is 28.4. The van der Waals surface area contributed by atoms with E-state index in [0.29, 0.717) is 66.4 Å². The van der Waals surface area contributed by atoms with Gasteiger partial charge in [-0.3, -0.25) is 9.59 Å². The monoisotopic (exact) mass is 1640 g/mol. The maximum Gasteiger partial charge on any atom is 0.416 e. The number of hydrogen-bond acceptors (Lipinski definition) is 8. The fourth-order valence-electron chi connectivity index (χ4n) is 15.4. The van der Waals surface area contributed by atoms with Gasteiger partial charge in [-0.2, -0.15) is 35.1 Å². The summed E-state index contributed by atoms with van der Waals surface area (Å²) in [6.45, 7) is 0.557. The van der Waals surface area contributed by atoms with Gasteiger partial charge in [0.2, 0.25) is 0 Å². The van der Waals surface area contributed by atoms with Crippen molar-refractivity contribution in [3.05, 3.63) is 299 Å². The molecule has 8 saturated carbocycles. The van der Waals surface area contributed by atoms with E-state index in [1.807, 2.05) is 0 Å². The second-order valence-electron chi connectivity index (χ2n) is 27.6. The second-order valence-corrected chi connectivity index (χ2v) is 35.0. The minimum Gasteiger partial charge on any atom is -0.550 e. The molecule has 0 aromatic heterocycles. The Hall–Kier alpha value is -9.03. The number of hydrogen-bond donors (Lipinski definition) is 2. The highest BCUT2D eigenvalue weighted by molar-refractivity contribution is 14.1. The molecular weight excluding hydrogens is 1560 g/mol. The van der Waals surface area contributed by atoms with Crippen LogP contribution in [-0.2, 0) is 69.0 Å². The van der Waals surface area contributed by atoms with Gasteiger partial charge in [0.15, 0.2) is 44.1 Å². The van der Waals surface area contributed by atoms with E-state index < -0.39 is 69.2 Å². The van der Waals surface area contributed by atoms with Gasteiger partial charge in [0.05, 0.1) is 43.8 Å². The van der Waals surface area contributed by atoms with Crippen LogP contribution < -0.4 is 5.11 Å². The Morgan fingerprint density at radius 3 is 0.963 bits per heavy atom. The summed E-state index contributed by atoms with van der Waals surface area (Å²) >= 11 is 2.35. The number of phenols is 1. The van der Waals surface area contributed by atoms with E-state index in [1.54, 1.807) is 42.5 Å². The van der Waals surface area contributed by atoms with Crippen LogP contribution in [0.15, 0.2) is 323 Å². The number of ether oxygens (including phenoxy) is 1. The molecule has 18 rings (SSSR count). The Kier molecular flexibility index (Phi) is 26.0. The molecule has 4 unspecified atom stereocenters. The van der Waals surface area contributed by atoms with Crippen molar-refractivity contribution in [3.63, 3.8) is 0 Å². The molecule has 8 aliphatic carbocycles. The predicted molar refractivity (Wildman–Crippen MR) is 406 cm³/mol. The molecule has 0 heterocycles. The van der Waals surface area contributed by atoms with Crippen molar-refractivity contribution >= 4 is 84.8 Å². The molecule has 2 N–H and O–H groups in total. The number of aliphatic carboxylic acids is 1. The van der Waals surface area contributed by atoms with E-state index in [1.165, 1.54) is 69.3 Å². The molecule has 10 aromatic rings. The van der Waals surface area contributed by atoms with Crippen molar-refractivity contribution in [3.8, 4) is 5.75 Å². The Balaban J connectivity index is 0.000000132. The molecule has 10 aromatic carbocycles. The second kappa shape index (κ2) is 35.1. The maximum atomic E-state index is 12.9. The van der Waals surface area contributed by atoms with Gasteiger partial charge >= 0.3 is 30.2 Å². The number of halogens is 9. The van der Waals surface area contributed by atoms with Gasteiger partial charge in [-0.25, -0.2) is 9.59 Å². The van der Waals surface area contributed by atoms with Crippen LogP contribution >= 0.6 is 22.6 Å².